The Morgan fingerprint density at radius 3 is 2.71 bits per heavy atom. The van der Waals surface area contributed by atoms with E-state index in [9.17, 15) is 4.79 Å². The highest BCUT2D eigenvalue weighted by Crippen LogP contribution is 2.35. The van der Waals surface area contributed by atoms with Crippen molar-refractivity contribution in [1.29, 1.82) is 0 Å². The molecule has 94 valence electrons. The number of anilines is 1. The first-order valence-corrected chi connectivity index (χ1v) is 7.12. The molecule has 1 aliphatic carbocycles. The topological polar surface area (TPSA) is 55.1 Å². The molecule has 2 rings (SSSR count). The summed E-state index contributed by atoms with van der Waals surface area (Å²) < 4.78 is 0. The zero-order valence-corrected chi connectivity index (χ0v) is 11.3. The fraction of sp³-hybridized carbons (Fsp3) is 0.615. The molecule has 3 N–H and O–H groups in total. The highest BCUT2D eigenvalue weighted by molar-refractivity contribution is 7.16. The molecule has 1 amide bonds. The van der Waals surface area contributed by atoms with Gasteiger partial charge in [0, 0.05) is 10.9 Å². The molecule has 0 unspecified atom stereocenters. The van der Waals surface area contributed by atoms with Crippen molar-refractivity contribution in [2.75, 3.05) is 5.73 Å². The number of nitrogens with two attached hydrogens (primary N) is 1. The lowest BCUT2D eigenvalue weighted by Crippen LogP contribution is -2.31. The molecule has 1 aromatic rings. The summed E-state index contributed by atoms with van der Waals surface area (Å²) in [6.07, 6.45) is 5.74. The van der Waals surface area contributed by atoms with Crippen LogP contribution in [0.25, 0.3) is 0 Å². The zero-order valence-electron chi connectivity index (χ0n) is 10.5. The fourth-order valence-corrected chi connectivity index (χ4v) is 3.50. The van der Waals surface area contributed by atoms with E-state index in [1.165, 1.54) is 29.7 Å². The first kappa shape index (κ1) is 12.4. The average molecular weight is 252 g/mol. The molecule has 0 spiro atoms. The lowest BCUT2D eigenvalue weighted by Gasteiger charge is -2.10. The number of fused-ring (bicyclic) bond motifs is 1. The van der Waals surface area contributed by atoms with Gasteiger partial charge in [0.1, 0.15) is 0 Å². The first-order chi connectivity index (χ1) is 8.09. The molecule has 0 radical (unpaired) electrons. The van der Waals surface area contributed by atoms with Gasteiger partial charge < -0.3 is 11.1 Å². The maximum atomic E-state index is 12.1. The van der Waals surface area contributed by atoms with E-state index in [0.29, 0.717) is 5.00 Å². The van der Waals surface area contributed by atoms with E-state index in [4.69, 9.17) is 5.73 Å². The first-order valence-electron chi connectivity index (χ1n) is 6.30. The van der Waals surface area contributed by atoms with Crippen LogP contribution in [0.2, 0.25) is 0 Å². The van der Waals surface area contributed by atoms with Crippen LogP contribution in [0.5, 0.6) is 0 Å². The summed E-state index contributed by atoms with van der Waals surface area (Å²) in [6.45, 7) is 3.94. The molecule has 0 aliphatic heterocycles. The summed E-state index contributed by atoms with van der Waals surface area (Å²) in [5.74, 6) is -0.00287. The van der Waals surface area contributed by atoms with Gasteiger partial charge in [-0.2, -0.15) is 0 Å². The van der Waals surface area contributed by atoms with Crippen molar-refractivity contribution in [3.05, 3.63) is 16.0 Å². The van der Waals surface area contributed by atoms with E-state index in [1.807, 2.05) is 13.8 Å². The number of nitrogens with one attached hydrogen (secondary N) is 1. The van der Waals surface area contributed by atoms with Gasteiger partial charge >= 0.3 is 0 Å². The molecule has 0 fully saturated rings. The normalized spacial score (nSPS) is 15.5. The second kappa shape index (κ2) is 5.08. The Morgan fingerprint density at radius 2 is 2.00 bits per heavy atom. The van der Waals surface area contributed by atoms with E-state index in [0.717, 1.165) is 18.4 Å². The Hall–Kier alpha value is -1.03. The highest BCUT2D eigenvalue weighted by atomic mass is 32.1. The van der Waals surface area contributed by atoms with Gasteiger partial charge in [-0.1, -0.05) is 6.42 Å². The van der Waals surface area contributed by atoms with Crippen LogP contribution in [-0.2, 0) is 12.8 Å². The van der Waals surface area contributed by atoms with Crippen LogP contribution in [0.4, 0.5) is 5.00 Å². The zero-order chi connectivity index (χ0) is 12.4. The quantitative estimate of drug-likeness (QED) is 0.795. The van der Waals surface area contributed by atoms with Crippen LogP contribution in [0.3, 0.4) is 0 Å². The van der Waals surface area contributed by atoms with Crippen molar-refractivity contribution in [2.24, 2.45) is 0 Å². The van der Waals surface area contributed by atoms with Crippen molar-refractivity contribution in [1.82, 2.24) is 5.32 Å². The molecule has 1 aliphatic rings. The monoisotopic (exact) mass is 252 g/mol. The third-order valence-electron chi connectivity index (χ3n) is 3.10. The molecule has 1 aromatic heterocycles. The lowest BCUT2D eigenvalue weighted by molar-refractivity contribution is 0.0943. The molecule has 3 nitrogen and oxygen atoms in total. The van der Waals surface area contributed by atoms with Crippen LogP contribution in [0.1, 0.15) is 53.9 Å². The van der Waals surface area contributed by atoms with Crippen molar-refractivity contribution < 1.29 is 4.79 Å². The minimum absolute atomic E-state index is 0.00287. The number of hydrogen-bond donors (Lipinski definition) is 2. The minimum Gasteiger partial charge on any atom is -0.390 e. The van der Waals surface area contributed by atoms with Crippen molar-refractivity contribution in [2.45, 2.75) is 52.0 Å². The van der Waals surface area contributed by atoms with Gasteiger partial charge in [0.25, 0.3) is 5.91 Å². The Kier molecular flexibility index (Phi) is 3.72. The molecule has 0 saturated heterocycles. The predicted octanol–water partition coefficient (Wildman–Crippen LogP) is 2.74. The van der Waals surface area contributed by atoms with Crippen LogP contribution in [0, 0.1) is 0 Å². The van der Waals surface area contributed by atoms with Gasteiger partial charge in [-0.3, -0.25) is 4.79 Å². The number of aryl methyl sites for hydroxylation is 1. The number of rotatable bonds is 2. The SMILES string of the molecule is CC(C)NC(=O)c1c(N)sc2c1CCCCC2. The van der Waals surface area contributed by atoms with Gasteiger partial charge in [-0.15, -0.1) is 11.3 Å². The predicted molar refractivity (Wildman–Crippen MR) is 72.6 cm³/mol. The van der Waals surface area contributed by atoms with Gasteiger partial charge in [0.05, 0.1) is 10.6 Å². The largest absolute Gasteiger partial charge is 0.390 e. The third kappa shape index (κ3) is 2.63. The number of hydrogen-bond acceptors (Lipinski definition) is 3. The van der Waals surface area contributed by atoms with Crippen molar-refractivity contribution in [3.63, 3.8) is 0 Å². The molecule has 0 bridgehead atoms. The Labute approximate surface area is 106 Å². The van der Waals surface area contributed by atoms with Gasteiger partial charge in [-0.05, 0) is 45.1 Å². The van der Waals surface area contributed by atoms with E-state index in [2.05, 4.69) is 5.32 Å². The summed E-state index contributed by atoms with van der Waals surface area (Å²) in [5, 5.41) is 3.63. The summed E-state index contributed by atoms with van der Waals surface area (Å²) in [4.78, 5) is 13.5. The van der Waals surface area contributed by atoms with Crippen LogP contribution < -0.4 is 11.1 Å². The molecular formula is C13H20N2OS. The number of amides is 1. The molecule has 17 heavy (non-hydrogen) atoms. The van der Waals surface area contributed by atoms with E-state index in [-0.39, 0.29) is 11.9 Å². The Bertz CT molecular complexity index is 423. The van der Waals surface area contributed by atoms with E-state index >= 15 is 0 Å². The molecule has 1 heterocycles. The summed E-state index contributed by atoms with van der Waals surface area (Å²) in [6, 6.07) is 0.156. The second-order valence-electron chi connectivity index (χ2n) is 4.93. The van der Waals surface area contributed by atoms with Crippen LogP contribution >= 0.6 is 11.3 Å². The summed E-state index contributed by atoms with van der Waals surface area (Å²) >= 11 is 1.60. The number of thiophene rings is 1. The smallest absolute Gasteiger partial charge is 0.254 e. The molecular weight excluding hydrogens is 232 g/mol. The van der Waals surface area contributed by atoms with Gasteiger partial charge in [-0.25, -0.2) is 0 Å². The lowest BCUT2D eigenvalue weighted by atomic mass is 10.0. The van der Waals surface area contributed by atoms with Crippen molar-refractivity contribution in [3.8, 4) is 0 Å². The Balaban J connectivity index is 2.33. The second-order valence-corrected chi connectivity index (χ2v) is 6.07. The molecule has 0 aromatic carbocycles. The number of nitrogen functional groups attached to an aromatic ring is 1. The highest BCUT2D eigenvalue weighted by Gasteiger charge is 2.23. The van der Waals surface area contributed by atoms with Crippen molar-refractivity contribution >= 4 is 22.2 Å². The van der Waals surface area contributed by atoms with Crippen LogP contribution in [0.15, 0.2) is 0 Å². The minimum atomic E-state index is -0.00287. The Morgan fingerprint density at radius 1 is 1.29 bits per heavy atom. The molecule has 0 saturated carbocycles. The number of carbonyl (C=O) groups is 1. The fourth-order valence-electron chi connectivity index (χ4n) is 2.35. The molecule has 4 heteroatoms. The van der Waals surface area contributed by atoms with E-state index in [1.54, 1.807) is 11.3 Å². The van der Waals surface area contributed by atoms with Gasteiger partial charge in [0.2, 0.25) is 0 Å². The standard InChI is InChI=1S/C13H20N2OS/c1-8(2)15-13(16)11-9-6-4-3-5-7-10(9)17-12(11)14/h8H,3-7,14H2,1-2H3,(H,15,16). The van der Waals surface area contributed by atoms with E-state index < -0.39 is 0 Å². The number of carbonyl (C=O) groups excluding carboxylic acids is 1. The maximum absolute atomic E-state index is 12.1. The molecule has 0 atom stereocenters. The third-order valence-corrected chi connectivity index (χ3v) is 4.22. The maximum Gasteiger partial charge on any atom is 0.254 e. The average Bonchev–Trinajstić information content (AvgIpc) is 2.42. The van der Waals surface area contributed by atoms with Gasteiger partial charge in [0.15, 0.2) is 0 Å². The summed E-state index contributed by atoms with van der Waals surface area (Å²) in [5.41, 5.74) is 7.97. The van der Waals surface area contributed by atoms with Crippen LogP contribution in [-0.4, -0.2) is 11.9 Å². The summed E-state index contributed by atoms with van der Waals surface area (Å²) in [7, 11) is 0.